The van der Waals surface area contributed by atoms with Crippen molar-refractivity contribution in [3.8, 4) is 5.88 Å². The number of benzene rings is 2. The summed E-state index contributed by atoms with van der Waals surface area (Å²) in [5, 5.41) is 18.4. The third-order valence-electron chi connectivity index (χ3n) is 7.65. The Labute approximate surface area is 233 Å². The first-order chi connectivity index (χ1) is 19.1. The summed E-state index contributed by atoms with van der Waals surface area (Å²) >= 11 is 0. The SMILES string of the molecule is CCC1CN(Cc2cc(C(CC(=O)O)c3ccc4c(nnn4CC)c3C)ccc2C)S(=O)(=O)c2cccnc2O1. The lowest BCUT2D eigenvalue weighted by molar-refractivity contribution is -0.137. The van der Waals surface area contributed by atoms with E-state index in [2.05, 4.69) is 15.3 Å². The summed E-state index contributed by atoms with van der Waals surface area (Å²) in [5.41, 5.74) is 5.89. The second-order valence-corrected chi connectivity index (χ2v) is 12.0. The molecule has 1 aliphatic rings. The predicted octanol–water partition coefficient (Wildman–Crippen LogP) is 4.43. The minimum Gasteiger partial charge on any atom is -0.481 e. The van der Waals surface area contributed by atoms with Crippen molar-refractivity contribution >= 4 is 27.0 Å². The molecular formula is C29H33N5O5S. The highest BCUT2D eigenvalue weighted by atomic mass is 32.2. The van der Waals surface area contributed by atoms with E-state index in [0.717, 1.165) is 38.9 Å². The first kappa shape index (κ1) is 27.7. The van der Waals surface area contributed by atoms with E-state index >= 15 is 0 Å². The monoisotopic (exact) mass is 563 g/mol. The largest absolute Gasteiger partial charge is 0.481 e. The topological polar surface area (TPSA) is 128 Å². The van der Waals surface area contributed by atoms with Gasteiger partial charge in [0.25, 0.3) is 0 Å². The van der Waals surface area contributed by atoms with Gasteiger partial charge in [-0.15, -0.1) is 5.10 Å². The van der Waals surface area contributed by atoms with E-state index in [9.17, 15) is 18.3 Å². The number of pyridine rings is 1. The van der Waals surface area contributed by atoms with Gasteiger partial charge in [-0.25, -0.2) is 18.1 Å². The molecule has 1 aliphatic heterocycles. The molecule has 2 aromatic carbocycles. The number of carbonyl (C=O) groups is 1. The predicted molar refractivity (Wildman–Crippen MR) is 150 cm³/mol. The van der Waals surface area contributed by atoms with Crippen LogP contribution in [0.5, 0.6) is 5.88 Å². The second kappa shape index (κ2) is 11.0. The number of aliphatic carboxylic acids is 1. The van der Waals surface area contributed by atoms with Crippen molar-refractivity contribution in [2.45, 2.75) is 70.5 Å². The molecule has 210 valence electrons. The van der Waals surface area contributed by atoms with Crippen LogP contribution in [0.2, 0.25) is 0 Å². The molecule has 4 aromatic rings. The minimum absolute atomic E-state index is 0.0487. The van der Waals surface area contributed by atoms with Crippen LogP contribution < -0.4 is 4.74 Å². The number of aryl methyl sites for hydroxylation is 3. The summed E-state index contributed by atoms with van der Waals surface area (Å²) in [6.45, 7) is 8.80. The average molecular weight is 564 g/mol. The van der Waals surface area contributed by atoms with Crippen molar-refractivity contribution in [2.24, 2.45) is 0 Å². The molecule has 0 radical (unpaired) electrons. The lowest BCUT2D eigenvalue weighted by Gasteiger charge is -2.24. The lowest BCUT2D eigenvalue weighted by Crippen LogP contribution is -2.36. The van der Waals surface area contributed by atoms with Crippen LogP contribution in [0.4, 0.5) is 0 Å². The number of carboxylic acid groups (broad SMARTS) is 1. The Balaban J connectivity index is 1.56. The molecule has 0 saturated carbocycles. The summed E-state index contributed by atoms with van der Waals surface area (Å²) in [7, 11) is -3.88. The number of ether oxygens (including phenoxy) is 1. The molecule has 0 amide bonds. The first-order valence-corrected chi connectivity index (χ1v) is 14.8. The van der Waals surface area contributed by atoms with Crippen molar-refractivity contribution in [3.05, 3.63) is 76.5 Å². The maximum atomic E-state index is 13.7. The summed E-state index contributed by atoms with van der Waals surface area (Å²) in [6, 6.07) is 12.8. The zero-order chi connectivity index (χ0) is 28.6. The highest BCUT2D eigenvalue weighted by molar-refractivity contribution is 7.89. The molecule has 0 bridgehead atoms. The molecule has 0 fully saturated rings. The molecule has 1 N–H and O–H groups in total. The summed E-state index contributed by atoms with van der Waals surface area (Å²) in [6.07, 6.45) is 1.67. The summed E-state index contributed by atoms with van der Waals surface area (Å²) < 4.78 is 36.6. The Kier molecular flexibility index (Phi) is 7.61. The molecule has 3 heterocycles. The maximum absolute atomic E-state index is 13.7. The van der Waals surface area contributed by atoms with Crippen LogP contribution in [0.25, 0.3) is 11.0 Å². The van der Waals surface area contributed by atoms with Crippen LogP contribution in [-0.2, 0) is 27.9 Å². The molecular weight excluding hydrogens is 530 g/mol. The number of fused-ring (bicyclic) bond motifs is 2. The third-order valence-corrected chi connectivity index (χ3v) is 9.48. The number of carboxylic acids is 1. The van der Waals surface area contributed by atoms with E-state index < -0.39 is 21.9 Å². The van der Waals surface area contributed by atoms with Crippen LogP contribution in [0.3, 0.4) is 0 Å². The summed E-state index contributed by atoms with van der Waals surface area (Å²) in [4.78, 5) is 16.2. The van der Waals surface area contributed by atoms with E-state index in [0.29, 0.717) is 13.0 Å². The Hall–Kier alpha value is -3.83. The van der Waals surface area contributed by atoms with E-state index in [4.69, 9.17) is 4.74 Å². The van der Waals surface area contributed by atoms with Gasteiger partial charge >= 0.3 is 5.97 Å². The van der Waals surface area contributed by atoms with Crippen molar-refractivity contribution < 1.29 is 23.1 Å². The third kappa shape index (κ3) is 5.06. The average Bonchev–Trinajstić information content (AvgIpc) is 3.32. The van der Waals surface area contributed by atoms with E-state index in [-0.39, 0.29) is 36.4 Å². The van der Waals surface area contributed by atoms with Gasteiger partial charge in [-0.2, -0.15) is 4.31 Å². The fourth-order valence-electron chi connectivity index (χ4n) is 5.33. The quantitative estimate of drug-likeness (QED) is 0.334. The molecule has 0 spiro atoms. The van der Waals surface area contributed by atoms with Crippen molar-refractivity contribution in [1.82, 2.24) is 24.3 Å². The van der Waals surface area contributed by atoms with Gasteiger partial charge in [-0.05, 0) is 73.2 Å². The fourth-order valence-corrected chi connectivity index (χ4v) is 6.85. The molecule has 0 saturated heterocycles. The van der Waals surface area contributed by atoms with Gasteiger partial charge in [0.2, 0.25) is 15.9 Å². The van der Waals surface area contributed by atoms with Crippen molar-refractivity contribution in [3.63, 3.8) is 0 Å². The van der Waals surface area contributed by atoms with Gasteiger partial charge in [0.1, 0.15) is 16.5 Å². The maximum Gasteiger partial charge on any atom is 0.304 e. The second-order valence-electron chi connectivity index (χ2n) is 10.1. The van der Waals surface area contributed by atoms with E-state index in [1.165, 1.54) is 16.6 Å². The molecule has 2 unspecified atom stereocenters. The van der Waals surface area contributed by atoms with Crippen LogP contribution in [0.15, 0.2) is 53.6 Å². The van der Waals surface area contributed by atoms with Gasteiger partial charge < -0.3 is 9.84 Å². The number of aromatic nitrogens is 4. The molecule has 40 heavy (non-hydrogen) atoms. The Morgan fingerprint density at radius 3 is 2.70 bits per heavy atom. The lowest BCUT2D eigenvalue weighted by atomic mass is 9.84. The minimum atomic E-state index is -3.88. The Bertz CT molecular complexity index is 1680. The van der Waals surface area contributed by atoms with Gasteiger partial charge in [0.05, 0.1) is 18.5 Å². The number of rotatable bonds is 8. The fraction of sp³-hybridized carbons (Fsp3) is 0.379. The number of sulfonamides is 1. The molecule has 10 nitrogen and oxygen atoms in total. The summed E-state index contributed by atoms with van der Waals surface area (Å²) in [5.74, 6) is -1.26. The smallest absolute Gasteiger partial charge is 0.304 e. The zero-order valence-electron chi connectivity index (χ0n) is 23.0. The molecule has 5 rings (SSSR count). The zero-order valence-corrected chi connectivity index (χ0v) is 23.9. The number of hydrogen-bond donors (Lipinski definition) is 1. The van der Waals surface area contributed by atoms with Gasteiger partial charge in [-0.1, -0.05) is 36.4 Å². The highest BCUT2D eigenvalue weighted by Crippen LogP contribution is 2.36. The van der Waals surface area contributed by atoms with Crippen LogP contribution in [-0.4, -0.2) is 56.4 Å². The molecule has 11 heteroatoms. The Morgan fingerprint density at radius 1 is 1.18 bits per heavy atom. The Morgan fingerprint density at radius 2 is 1.98 bits per heavy atom. The molecule has 0 aliphatic carbocycles. The number of hydrogen-bond acceptors (Lipinski definition) is 7. The first-order valence-electron chi connectivity index (χ1n) is 13.4. The van der Waals surface area contributed by atoms with Crippen LogP contribution in [0, 0.1) is 13.8 Å². The van der Waals surface area contributed by atoms with Crippen LogP contribution >= 0.6 is 0 Å². The molecule has 2 aromatic heterocycles. The van der Waals surface area contributed by atoms with E-state index in [1.807, 2.05) is 62.7 Å². The van der Waals surface area contributed by atoms with Gasteiger partial charge in [0.15, 0.2) is 0 Å². The van der Waals surface area contributed by atoms with Crippen molar-refractivity contribution in [1.29, 1.82) is 0 Å². The van der Waals surface area contributed by atoms with E-state index in [1.54, 1.807) is 6.07 Å². The molecule has 2 atom stereocenters. The standard InChI is InChI=1S/C29H33N5O5S/c1-5-22-17-33(40(37,38)26-8-7-13-30-29(26)39-22)16-21-14-20(10-9-18(21)3)24(15-27(35)36)23-11-12-25-28(19(23)4)31-32-34(25)6-2/h7-14,22,24H,5-6,15-17H2,1-4H3,(H,35,36). The highest BCUT2D eigenvalue weighted by Gasteiger charge is 2.35. The number of nitrogens with zero attached hydrogens (tertiary/aromatic N) is 5. The van der Waals surface area contributed by atoms with Gasteiger partial charge in [0, 0.05) is 25.2 Å². The van der Waals surface area contributed by atoms with Crippen LogP contribution in [0.1, 0.15) is 60.4 Å². The normalized spacial score (nSPS) is 17.6. The van der Waals surface area contributed by atoms with Crippen molar-refractivity contribution in [2.75, 3.05) is 6.54 Å². The van der Waals surface area contributed by atoms with Gasteiger partial charge in [-0.3, -0.25) is 4.79 Å².